The highest BCUT2D eigenvalue weighted by atomic mass is 32.1. The van der Waals surface area contributed by atoms with E-state index >= 15 is 0 Å². The number of carbonyl (C=O) groups is 1. The van der Waals surface area contributed by atoms with Gasteiger partial charge in [-0.05, 0) is 49.2 Å². The summed E-state index contributed by atoms with van der Waals surface area (Å²) in [5.41, 5.74) is 2.70. The SMILES string of the molecule is Cc1ccc(NC(=O)Cn2c(=O)n(Cc3ccc(F)cc3)c(=O)c3sc4ccccc4c32)c(C)c1. The molecule has 3 aromatic carbocycles. The van der Waals surface area contributed by atoms with Crippen LogP contribution in [0.2, 0.25) is 0 Å². The first kappa shape index (κ1) is 22.7. The van der Waals surface area contributed by atoms with Crippen molar-refractivity contribution in [3.05, 3.63) is 110 Å². The number of nitrogens with one attached hydrogen (secondary N) is 1. The molecule has 5 rings (SSSR count). The van der Waals surface area contributed by atoms with Crippen LogP contribution in [0.4, 0.5) is 10.1 Å². The third-order valence-electron chi connectivity index (χ3n) is 5.95. The topological polar surface area (TPSA) is 73.1 Å². The van der Waals surface area contributed by atoms with Gasteiger partial charge in [0.05, 0.1) is 12.1 Å². The molecule has 5 aromatic rings. The average Bonchev–Trinajstić information content (AvgIpc) is 3.22. The standard InChI is InChI=1S/C27H22FN3O3S/c1-16-7-12-21(17(2)13-16)29-23(32)15-30-24-20-5-3-4-6-22(20)35-25(24)26(33)31(27(30)34)14-18-8-10-19(28)11-9-18/h3-13H,14-15H2,1-2H3,(H,29,32). The molecule has 0 saturated heterocycles. The third kappa shape index (κ3) is 4.28. The molecular formula is C27H22FN3O3S. The monoisotopic (exact) mass is 487 g/mol. The molecular weight excluding hydrogens is 465 g/mol. The zero-order valence-electron chi connectivity index (χ0n) is 19.2. The molecule has 0 radical (unpaired) electrons. The Morgan fingerprint density at radius 1 is 0.971 bits per heavy atom. The van der Waals surface area contributed by atoms with Crippen molar-refractivity contribution < 1.29 is 9.18 Å². The maximum atomic E-state index is 13.6. The normalized spacial score (nSPS) is 11.3. The first-order valence-corrected chi connectivity index (χ1v) is 11.9. The summed E-state index contributed by atoms with van der Waals surface area (Å²) in [5.74, 6) is -0.774. The molecule has 1 amide bonds. The molecule has 0 aliphatic carbocycles. The van der Waals surface area contributed by atoms with Crippen LogP contribution in [0.15, 0.2) is 76.3 Å². The fourth-order valence-electron chi connectivity index (χ4n) is 4.24. The molecule has 8 heteroatoms. The Kier molecular flexibility index (Phi) is 5.82. The van der Waals surface area contributed by atoms with Crippen LogP contribution in [0.3, 0.4) is 0 Å². The lowest BCUT2D eigenvalue weighted by Gasteiger charge is -2.14. The van der Waals surface area contributed by atoms with E-state index < -0.39 is 17.1 Å². The number of hydrogen-bond donors (Lipinski definition) is 1. The lowest BCUT2D eigenvalue weighted by atomic mass is 10.1. The lowest BCUT2D eigenvalue weighted by Crippen LogP contribution is -2.41. The van der Waals surface area contributed by atoms with Gasteiger partial charge in [0, 0.05) is 15.8 Å². The first-order chi connectivity index (χ1) is 16.8. The van der Waals surface area contributed by atoms with Crippen LogP contribution in [-0.4, -0.2) is 15.0 Å². The number of aryl methyl sites for hydroxylation is 2. The maximum absolute atomic E-state index is 13.6. The Hall–Kier alpha value is -4.04. The molecule has 1 N–H and O–H groups in total. The van der Waals surface area contributed by atoms with Crippen LogP contribution in [0.5, 0.6) is 0 Å². The Balaban J connectivity index is 1.64. The van der Waals surface area contributed by atoms with Gasteiger partial charge in [0.2, 0.25) is 5.91 Å². The Bertz CT molecular complexity index is 1710. The summed E-state index contributed by atoms with van der Waals surface area (Å²) in [4.78, 5) is 40.0. The van der Waals surface area contributed by atoms with Crippen LogP contribution in [0.25, 0.3) is 20.3 Å². The largest absolute Gasteiger partial charge is 0.332 e. The summed E-state index contributed by atoms with van der Waals surface area (Å²) in [7, 11) is 0. The van der Waals surface area contributed by atoms with Gasteiger partial charge in [-0.15, -0.1) is 11.3 Å². The van der Waals surface area contributed by atoms with Crippen molar-refractivity contribution in [2.45, 2.75) is 26.9 Å². The predicted molar refractivity (Wildman–Crippen MR) is 138 cm³/mol. The molecule has 0 bridgehead atoms. The van der Waals surface area contributed by atoms with Crippen LogP contribution < -0.4 is 16.6 Å². The van der Waals surface area contributed by atoms with Crippen molar-refractivity contribution in [3.8, 4) is 0 Å². The van der Waals surface area contributed by atoms with E-state index in [0.717, 1.165) is 25.8 Å². The summed E-state index contributed by atoms with van der Waals surface area (Å²) in [6.07, 6.45) is 0. The van der Waals surface area contributed by atoms with Gasteiger partial charge in [0.25, 0.3) is 5.56 Å². The van der Waals surface area contributed by atoms with E-state index in [-0.39, 0.29) is 19.0 Å². The van der Waals surface area contributed by atoms with Crippen molar-refractivity contribution >= 4 is 43.2 Å². The van der Waals surface area contributed by atoms with E-state index in [0.29, 0.717) is 21.5 Å². The summed E-state index contributed by atoms with van der Waals surface area (Å²) in [5, 5.41) is 3.63. The van der Waals surface area contributed by atoms with Gasteiger partial charge >= 0.3 is 5.69 Å². The first-order valence-electron chi connectivity index (χ1n) is 11.1. The van der Waals surface area contributed by atoms with Crippen molar-refractivity contribution in [2.75, 3.05) is 5.32 Å². The van der Waals surface area contributed by atoms with Gasteiger partial charge in [-0.2, -0.15) is 0 Å². The number of aromatic nitrogens is 2. The van der Waals surface area contributed by atoms with Gasteiger partial charge in [-0.1, -0.05) is 48.0 Å². The second-order valence-electron chi connectivity index (χ2n) is 8.53. The number of fused-ring (bicyclic) bond motifs is 3. The average molecular weight is 488 g/mol. The molecule has 0 aliphatic rings. The zero-order chi connectivity index (χ0) is 24.7. The molecule has 0 fully saturated rings. The molecule has 0 unspecified atom stereocenters. The number of halogens is 1. The van der Waals surface area contributed by atoms with E-state index in [1.54, 1.807) is 0 Å². The number of amides is 1. The van der Waals surface area contributed by atoms with Crippen LogP contribution in [0.1, 0.15) is 16.7 Å². The molecule has 0 aliphatic heterocycles. The van der Waals surface area contributed by atoms with Gasteiger partial charge in [-0.3, -0.25) is 18.7 Å². The van der Waals surface area contributed by atoms with Gasteiger partial charge in [0.1, 0.15) is 17.1 Å². The number of carbonyl (C=O) groups excluding carboxylic acids is 1. The summed E-state index contributed by atoms with van der Waals surface area (Å²) in [6.45, 7) is 3.59. The lowest BCUT2D eigenvalue weighted by molar-refractivity contribution is -0.116. The van der Waals surface area contributed by atoms with Gasteiger partial charge in [-0.25, -0.2) is 9.18 Å². The highest BCUT2D eigenvalue weighted by Crippen LogP contribution is 2.31. The fraction of sp³-hybridized carbons (Fsp3) is 0.148. The third-order valence-corrected chi connectivity index (χ3v) is 7.10. The highest BCUT2D eigenvalue weighted by molar-refractivity contribution is 7.25. The summed E-state index contributed by atoms with van der Waals surface area (Å²) >= 11 is 1.29. The van der Waals surface area contributed by atoms with Crippen molar-refractivity contribution in [2.24, 2.45) is 0 Å². The second kappa shape index (κ2) is 8.96. The summed E-state index contributed by atoms with van der Waals surface area (Å²) < 4.78 is 17.1. The number of benzene rings is 3. The Morgan fingerprint density at radius 3 is 2.46 bits per heavy atom. The highest BCUT2D eigenvalue weighted by Gasteiger charge is 2.20. The Labute approximate surface area is 203 Å². The smallest absolute Gasteiger partial charge is 0.324 e. The minimum absolute atomic E-state index is 0.0270. The summed E-state index contributed by atoms with van der Waals surface area (Å²) in [6, 6.07) is 18.8. The molecule has 176 valence electrons. The van der Waals surface area contributed by atoms with E-state index in [4.69, 9.17) is 0 Å². The molecule has 0 spiro atoms. The second-order valence-corrected chi connectivity index (χ2v) is 9.58. The fourth-order valence-corrected chi connectivity index (χ4v) is 5.40. The number of anilines is 1. The molecule has 0 saturated carbocycles. The van der Waals surface area contributed by atoms with E-state index in [2.05, 4.69) is 5.32 Å². The van der Waals surface area contributed by atoms with Crippen molar-refractivity contribution in [3.63, 3.8) is 0 Å². The quantitative estimate of drug-likeness (QED) is 0.386. The molecule has 0 atom stereocenters. The van der Waals surface area contributed by atoms with Gasteiger partial charge in [0.15, 0.2) is 0 Å². The Morgan fingerprint density at radius 2 is 1.71 bits per heavy atom. The van der Waals surface area contributed by atoms with Crippen molar-refractivity contribution in [1.82, 2.24) is 9.13 Å². The zero-order valence-corrected chi connectivity index (χ0v) is 20.0. The number of nitrogens with zero attached hydrogens (tertiary/aromatic N) is 2. The maximum Gasteiger partial charge on any atom is 0.332 e. The van der Waals surface area contributed by atoms with Crippen LogP contribution in [0, 0.1) is 19.7 Å². The van der Waals surface area contributed by atoms with E-state index in [9.17, 15) is 18.8 Å². The van der Waals surface area contributed by atoms with Crippen molar-refractivity contribution in [1.29, 1.82) is 0 Å². The van der Waals surface area contributed by atoms with Crippen LogP contribution in [-0.2, 0) is 17.9 Å². The molecule has 35 heavy (non-hydrogen) atoms. The molecule has 2 heterocycles. The predicted octanol–water partition coefficient (Wildman–Crippen LogP) is 4.82. The van der Waals surface area contributed by atoms with Gasteiger partial charge < -0.3 is 5.32 Å². The van der Waals surface area contributed by atoms with E-state index in [1.807, 2.05) is 56.3 Å². The number of thiophene rings is 1. The minimum Gasteiger partial charge on any atom is -0.324 e. The van der Waals surface area contributed by atoms with E-state index in [1.165, 1.54) is 40.2 Å². The molecule has 2 aromatic heterocycles. The van der Waals surface area contributed by atoms with Crippen LogP contribution >= 0.6 is 11.3 Å². The number of rotatable bonds is 5. The number of hydrogen-bond acceptors (Lipinski definition) is 4. The molecule has 6 nitrogen and oxygen atoms in total. The minimum atomic E-state index is -0.592.